The molecule has 1 aliphatic heterocycles. The number of thiophene rings is 1. The van der Waals surface area contributed by atoms with Crippen molar-refractivity contribution in [1.29, 1.82) is 0 Å². The predicted octanol–water partition coefficient (Wildman–Crippen LogP) is 2.70. The number of aromatic nitrogens is 2. The van der Waals surface area contributed by atoms with E-state index in [0.29, 0.717) is 30.5 Å². The highest BCUT2D eigenvalue weighted by molar-refractivity contribution is 7.86. The second-order valence-corrected chi connectivity index (χ2v) is 7.67. The average molecular weight is 377 g/mol. The number of nitrogens with zero attached hydrogens (tertiary/aromatic N) is 3. The molecule has 1 atom stereocenters. The van der Waals surface area contributed by atoms with Crippen LogP contribution in [0.2, 0.25) is 0 Å². The van der Waals surface area contributed by atoms with Crippen LogP contribution in [0, 0.1) is 0 Å². The predicted molar refractivity (Wildman–Crippen MR) is 84.5 cm³/mol. The Morgan fingerprint density at radius 1 is 1.33 bits per heavy atom. The molecule has 0 aliphatic carbocycles. The first-order valence-electron chi connectivity index (χ1n) is 7.13. The fourth-order valence-electron chi connectivity index (χ4n) is 2.28. The first kappa shape index (κ1) is 17.3. The summed E-state index contributed by atoms with van der Waals surface area (Å²) < 4.78 is 57.7. The van der Waals surface area contributed by atoms with Gasteiger partial charge in [-0.25, -0.2) is 9.97 Å². The van der Waals surface area contributed by atoms with Crippen LogP contribution in [0.3, 0.4) is 0 Å². The lowest BCUT2D eigenvalue weighted by Gasteiger charge is -2.29. The summed E-state index contributed by atoms with van der Waals surface area (Å²) in [6.45, 7) is 1.34. The summed E-state index contributed by atoms with van der Waals surface area (Å²) in [5.74, 6) is -0.0501. The summed E-state index contributed by atoms with van der Waals surface area (Å²) in [6.07, 6.45) is -3.77. The van der Waals surface area contributed by atoms with Crippen LogP contribution < -0.4 is 4.90 Å². The van der Waals surface area contributed by atoms with E-state index in [9.17, 15) is 17.4 Å². The molecule has 1 saturated heterocycles. The van der Waals surface area contributed by atoms with Crippen molar-refractivity contribution in [2.45, 2.75) is 16.1 Å². The van der Waals surface area contributed by atoms with Crippen LogP contribution in [0.5, 0.6) is 0 Å². The van der Waals surface area contributed by atoms with Gasteiger partial charge < -0.3 is 9.64 Å². The van der Waals surface area contributed by atoms with Crippen molar-refractivity contribution in [1.82, 2.24) is 9.97 Å². The molecule has 2 aromatic heterocycles. The zero-order chi connectivity index (χ0) is 17.2. The van der Waals surface area contributed by atoms with Crippen molar-refractivity contribution in [2.24, 2.45) is 0 Å². The molecule has 130 valence electrons. The summed E-state index contributed by atoms with van der Waals surface area (Å²) in [7, 11) is -1.38. The Balaban J connectivity index is 1.90. The maximum Gasteiger partial charge on any atom is 0.421 e. The molecule has 0 bridgehead atoms. The number of ether oxygens (including phenoxy) is 1. The molecule has 0 N–H and O–H groups in total. The van der Waals surface area contributed by atoms with E-state index < -0.39 is 22.5 Å². The smallest absolute Gasteiger partial charge is 0.378 e. The van der Waals surface area contributed by atoms with Gasteiger partial charge in [-0.15, -0.1) is 11.3 Å². The second kappa shape index (κ2) is 7.16. The van der Waals surface area contributed by atoms with Gasteiger partial charge in [0.1, 0.15) is 17.2 Å². The Labute approximate surface area is 142 Å². The molecule has 3 heterocycles. The highest BCUT2D eigenvalue weighted by Crippen LogP contribution is 2.35. The van der Waals surface area contributed by atoms with Crippen molar-refractivity contribution in [3.63, 3.8) is 0 Å². The third kappa shape index (κ3) is 3.93. The minimum atomic E-state index is -4.54. The molecule has 5 nitrogen and oxygen atoms in total. The minimum Gasteiger partial charge on any atom is -0.378 e. The van der Waals surface area contributed by atoms with Gasteiger partial charge in [-0.3, -0.25) is 4.21 Å². The lowest BCUT2D eigenvalue weighted by Crippen LogP contribution is -2.38. The maximum atomic E-state index is 13.2. The van der Waals surface area contributed by atoms with E-state index in [1.165, 1.54) is 16.2 Å². The van der Waals surface area contributed by atoms with Crippen LogP contribution in [-0.4, -0.2) is 40.5 Å². The number of halogens is 3. The van der Waals surface area contributed by atoms with Gasteiger partial charge in [0.15, 0.2) is 0 Å². The molecule has 0 amide bonds. The van der Waals surface area contributed by atoms with E-state index in [1.807, 2.05) is 0 Å². The number of hydrogen-bond donors (Lipinski definition) is 0. The molecule has 0 aromatic carbocycles. The number of rotatable bonds is 4. The molecule has 2 aromatic rings. The molecular weight excluding hydrogens is 363 g/mol. The van der Waals surface area contributed by atoms with E-state index in [0.717, 1.165) is 6.20 Å². The maximum absolute atomic E-state index is 13.2. The Morgan fingerprint density at radius 3 is 2.71 bits per heavy atom. The zero-order valence-corrected chi connectivity index (χ0v) is 14.1. The van der Waals surface area contributed by atoms with Gasteiger partial charge in [-0.05, 0) is 11.4 Å². The quantitative estimate of drug-likeness (QED) is 0.820. The first-order valence-corrected chi connectivity index (χ1v) is 9.32. The monoisotopic (exact) mass is 377 g/mol. The van der Waals surface area contributed by atoms with Gasteiger partial charge in [0, 0.05) is 19.3 Å². The molecule has 24 heavy (non-hydrogen) atoms. The number of morpholine rings is 1. The SMILES string of the molecule is O=S(Cc1ncc(C(F)(F)F)c(N2CCOCC2)n1)c1cccs1. The fraction of sp³-hybridized carbons (Fsp3) is 0.429. The normalized spacial score (nSPS) is 17.0. The lowest BCUT2D eigenvalue weighted by atomic mass is 10.2. The zero-order valence-electron chi connectivity index (χ0n) is 12.5. The molecule has 0 spiro atoms. The largest absolute Gasteiger partial charge is 0.421 e. The number of alkyl halides is 3. The Bertz CT molecular complexity index is 717. The van der Waals surface area contributed by atoms with Crippen molar-refractivity contribution in [3.05, 3.63) is 35.1 Å². The molecule has 1 fully saturated rings. The van der Waals surface area contributed by atoms with Crippen LogP contribution in [-0.2, 0) is 27.5 Å². The summed E-state index contributed by atoms with van der Waals surface area (Å²) in [6, 6.07) is 3.48. The van der Waals surface area contributed by atoms with Crippen molar-refractivity contribution in [2.75, 3.05) is 31.2 Å². The summed E-state index contributed by atoms with van der Waals surface area (Å²) in [5, 5.41) is 1.79. The van der Waals surface area contributed by atoms with Gasteiger partial charge in [0.25, 0.3) is 0 Å². The number of anilines is 1. The first-order chi connectivity index (χ1) is 11.4. The highest BCUT2D eigenvalue weighted by atomic mass is 32.2. The van der Waals surface area contributed by atoms with Crippen LogP contribution in [0.4, 0.5) is 19.0 Å². The van der Waals surface area contributed by atoms with E-state index in [-0.39, 0.29) is 17.4 Å². The van der Waals surface area contributed by atoms with Crippen molar-refractivity contribution >= 4 is 28.0 Å². The molecule has 0 radical (unpaired) electrons. The van der Waals surface area contributed by atoms with Crippen molar-refractivity contribution in [3.8, 4) is 0 Å². The van der Waals surface area contributed by atoms with Gasteiger partial charge >= 0.3 is 6.18 Å². The molecular formula is C14H14F3N3O2S2. The average Bonchev–Trinajstić information content (AvgIpc) is 3.09. The topological polar surface area (TPSA) is 55.3 Å². The van der Waals surface area contributed by atoms with Crippen LogP contribution in [0.15, 0.2) is 27.9 Å². The highest BCUT2D eigenvalue weighted by Gasteiger charge is 2.37. The number of hydrogen-bond acceptors (Lipinski definition) is 6. The molecule has 3 rings (SSSR count). The second-order valence-electron chi connectivity index (χ2n) is 5.04. The third-order valence-electron chi connectivity index (χ3n) is 3.41. The molecule has 0 saturated carbocycles. The van der Waals surface area contributed by atoms with Gasteiger partial charge in [0.05, 0.1) is 34.0 Å². The van der Waals surface area contributed by atoms with Crippen LogP contribution in [0.1, 0.15) is 11.4 Å². The van der Waals surface area contributed by atoms with Gasteiger partial charge in [-0.1, -0.05) is 6.07 Å². The van der Waals surface area contributed by atoms with Crippen LogP contribution >= 0.6 is 11.3 Å². The summed E-state index contributed by atoms with van der Waals surface area (Å²) >= 11 is 1.33. The summed E-state index contributed by atoms with van der Waals surface area (Å²) in [5.41, 5.74) is -0.880. The molecule has 1 aliphatic rings. The summed E-state index contributed by atoms with van der Waals surface area (Å²) in [4.78, 5) is 9.37. The van der Waals surface area contributed by atoms with E-state index in [2.05, 4.69) is 9.97 Å². The van der Waals surface area contributed by atoms with Gasteiger partial charge in [0.2, 0.25) is 0 Å². The van der Waals surface area contributed by atoms with E-state index >= 15 is 0 Å². The Kier molecular flexibility index (Phi) is 5.16. The van der Waals surface area contributed by atoms with Crippen LogP contribution in [0.25, 0.3) is 0 Å². The standard InChI is InChI=1S/C14H14F3N3O2S2/c15-14(16,17)10-8-18-11(9-24(21)12-2-1-7-23-12)19-13(10)20-3-5-22-6-4-20/h1-2,7-8H,3-6,9H2. The third-order valence-corrected chi connectivity index (χ3v) is 6.03. The molecule has 10 heteroatoms. The Morgan fingerprint density at radius 2 is 2.08 bits per heavy atom. The van der Waals surface area contributed by atoms with Crippen molar-refractivity contribution < 1.29 is 22.1 Å². The fourth-order valence-corrected chi connectivity index (χ4v) is 4.24. The minimum absolute atomic E-state index is 0.0179. The van der Waals surface area contributed by atoms with Gasteiger partial charge in [-0.2, -0.15) is 13.2 Å². The van der Waals surface area contributed by atoms with E-state index in [4.69, 9.17) is 4.74 Å². The molecule has 1 unspecified atom stereocenters. The lowest BCUT2D eigenvalue weighted by molar-refractivity contribution is -0.137. The van der Waals surface area contributed by atoms with E-state index in [1.54, 1.807) is 17.5 Å². The Hall–Kier alpha value is -1.52.